The van der Waals surface area contributed by atoms with E-state index in [2.05, 4.69) is 0 Å². The fourth-order valence-electron chi connectivity index (χ4n) is 5.29. The number of hydrogen-bond donors (Lipinski definition) is 7. The average molecular weight is 593 g/mol. The Hall–Kier alpha value is -3.18. The van der Waals surface area contributed by atoms with Crippen LogP contribution in [0.15, 0.2) is 24.3 Å². The minimum Gasteiger partial charge on any atom is -0.507 e. The molecule has 2 fully saturated rings. The van der Waals surface area contributed by atoms with Crippen LogP contribution in [-0.4, -0.2) is 122 Å². The summed E-state index contributed by atoms with van der Waals surface area (Å²) < 4.78 is 27.6. The van der Waals surface area contributed by atoms with Crippen molar-refractivity contribution in [2.45, 2.75) is 75.3 Å². The van der Waals surface area contributed by atoms with E-state index in [-0.39, 0.29) is 33.8 Å². The molecule has 0 unspecified atom stereocenters. The van der Waals surface area contributed by atoms with Crippen molar-refractivity contribution < 1.29 is 69.0 Å². The third-order valence-electron chi connectivity index (χ3n) is 7.66. The van der Waals surface area contributed by atoms with Crippen molar-refractivity contribution in [1.29, 1.82) is 0 Å². The zero-order valence-corrected chi connectivity index (χ0v) is 22.8. The van der Waals surface area contributed by atoms with Crippen LogP contribution in [0, 0.1) is 6.92 Å². The Morgan fingerprint density at radius 2 is 1.40 bits per heavy atom. The van der Waals surface area contributed by atoms with Gasteiger partial charge in [0.25, 0.3) is 0 Å². The molecule has 42 heavy (non-hydrogen) atoms. The monoisotopic (exact) mass is 592 g/mol. The number of aromatic hydroxyl groups is 1. The van der Waals surface area contributed by atoms with E-state index in [1.165, 1.54) is 38.3 Å². The lowest BCUT2D eigenvalue weighted by molar-refractivity contribution is -0.318. The Morgan fingerprint density at radius 1 is 0.762 bits per heavy atom. The fraction of sp³-hybridized carbons (Fsp3) is 0.500. The number of phenolic OH excluding ortho intramolecular Hbond substituents is 1. The zero-order chi connectivity index (χ0) is 30.6. The number of carbonyl (C=O) groups excluding carboxylic acids is 2. The summed E-state index contributed by atoms with van der Waals surface area (Å²) in [5, 5.41) is 72.4. The van der Waals surface area contributed by atoms with Crippen molar-refractivity contribution in [2.24, 2.45) is 0 Å². The van der Waals surface area contributed by atoms with Gasteiger partial charge in [0.2, 0.25) is 12.1 Å². The molecule has 14 nitrogen and oxygen atoms in total. The van der Waals surface area contributed by atoms with E-state index in [9.17, 15) is 45.3 Å². The summed E-state index contributed by atoms with van der Waals surface area (Å²) in [5.74, 6) is -1.87. The van der Waals surface area contributed by atoms with E-state index in [0.717, 1.165) is 0 Å². The van der Waals surface area contributed by atoms with E-state index < -0.39 is 85.3 Å². The number of aryl methyl sites for hydroxylation is 1. The molecule has 2 saturated heterocycles. The molecule has 1 aliphatic carbocycles. The Kier molecular flexibility index (Phi) is 8.28. The molecule has 0 saturated carbocycles. The first kappa shape index (κ1) is 30.3. The highest BCUT2D eigenvalue weighted by molar-refractivity contribution is 6.30. The first-order chi connectivity index (χ1) is 19.8. The van der Waals surface area contributed by atoms with Crippen molar-refractivity contribution in [3.05, 3.63) is 52.1 Å². The number of benzene rings is 2. The van der Waals surface area contributed by atoms with Gasteiger partial charge in [-0.2, -0.15) is 0 Å². The van der Waals surface area contributed by atoms with Gasteiger partial charge in [0.05, 0.1) is 30.9 Å². The lowest BCUT2D eigenvalue weighted by atomic mass is 9.82. The molecular formula is C28H32O14. The van der Waals surface area contributed by atoms with Crippen molar-refractivity contribution in [3.63, 3.8) is 0 Å². The third-order valence-corrected chi connectivity index (χ3v) is 7.66. The van der Waals surface area contributed by atoms with Gasteiger partial charge in [-0.05, 0) is 37.6 Å². The second-order valence-corrected chi connectivity index (χ2v) is 10.6. The molecule has 3 aliphatic rings. The van der Waals surface area contributed by atoms with Crippen molar-refractivity contribution in [2.75, 3.05) is 13.7 Å². The number of aliphatic hydroxyl groups is 6. The van der Waals surface area contributed by atoms with Gasteiger partial charge >= 0.3 is 0 Å². The van der Waals surface area contributed by atoms with Crippen LogP contribution in [0.4, 0.5) is 0 Å². The largest absolute Gasteiger partial charge is 0.507 e. The number of phenols is 1. The van der Waals surface area contributed by atoms with Crippen LogP contribution in [0.2, 0.25) is 0 Å². The Morgan fingerprint density at radius 3 is 2.10 bits per heavy atom. The quantitative estimate of drug-likeness (QED) is 0.173. The maximum atomic E-state index is 13.6. The summed E-state index contributed by atoms with van der Waals surface area (Å²) >= 11 is 0. The molecule has 2 aliphatic heterocycles. The fourth-order valence-corrected chi connectivity index (χ4v) is 5.29. The van der Waals surface area contributed by atoms with Crippen LogP contribution in [0.5, 0.6) is 17.2 Å². The van der Waals surface area contributed by atoms with E-state index in [1.54, 1.807) is 6.92 Å². The third kappa shape index (κ3) is 5.15. The van der Waals surface area contributed by atoms with Gasteiger partial charge in [0.1, 0.15) is 60.0 Å². The first-order valence-electron chi connectivity index (χ1n) is 13.2. The van der Waals surface area contributed by atoms with Crippen molar-refractivity contribution >= 4 is 11.6 Å². The molecule has 2 aromatic rings. The lowest BCUT2D eigenvalue weighted by Gasteiger charge is -2.42. The topological polar surface area (TPSA) is 222 Å². The van der Waals surface area contributed by atoms with Gasteiger partial charge in [0.15, 0.2) is 12.1 Å². The zero-order valence-electron chi connectivity index (χ0n) is 22.8. The number of aliphatic hydroxyl groups excluding tert-OH is 6. The normalized spacial score (nSPS) is 34.5. The van der Waals surface area contributed by atoms with Gasteiger partial charge < -0.3 is 59.4 Å². The van der Waals surface area contributed by atoms with Crippen LogP contribution in [0.3, 0.4) is 0 Å². The van der Waals surface area contributed by atoms with Crippen LogP contribution >= 0.6 is 0 Å². The predicted molar refractivity (Wildman–Crippen MR) is 138 cm³/mol. The maximum absolute atomic E-state index is 13.6. The van der Waals surface area contributed by atoms with Crippen molar-refractivity contribution in [3.8, 4) is 17.2 Å². The molecule has 0 spiro atoms. The molecule has 0 radical (unpaired) electrons. The number of fused-ring (bicyclic) bond motifs is 2. The SMILES string of the molecule is COc1cc(O[C@@H]2O[C@H](CO[C@@H]3O[C@@H](C)[C@H](O)[C@@H](O)[C@H]3O)[C@@H](O)[C@H](O)[C@H]2O)c2c(c1)C(=O)c1cc(C)cc(O)c1C2=O. The van der Waals surface area contributed by atoms with Gasteiger partial charge in [-0.15, -0.1) is 0 Å². The molecule has 5 rings (SSSR count). The van der Waals surface area contributed by atoms with Crippen LogP contribution < -0.4 is 9.47 Å². The van der Waals surface area contributed by atoms with E-state index in [4.69, 9.17) is 23.7 Å². The van der Waals surface area contributed by atoms with Crippen LogP contribution in [0.25, 0.3) is 0 Å². The Labute approximate surface area is 239 Å². The molecule has 2 aromatic carbocycles. The van der Waals surface area contributed by atoms with E-state index in [1.807, 2.05) is 0 Å². The highest BCUT2D eigenvalue weighted by atomic mass is 16.7. The van der Waals surface area contributed by atoms with Crippen LogP contribution in [0.1, 0.15) is 44.3 Å². The molecule has 0 aromatic heterocycles. The van der Waals surface area contributed by atoms with Crippen molar-refractivity contribution in [1.82, 2.24) is 0 Å². The number of rotatable bonds is 6. The molecule has 0 amide bonds. The van der Waals surface area contributed by atoms with E-state index >= 15 is 0 Å². The van der Waals surface area contributed by atoms with Crippen LogP contribution in [-0.2, 0) is 14.2 Å². The number of hydrogen-bond acceptors (Lipinski definition) is 14. The van der Waals surface area contributed by atoms with Gasteiger partial charge in [-0.25, -0.2) is 0 Å². The molecule has 14 heteroatoms. The second kappa shape index (κ2) is 11.5. The number of ether oxygens (including phenoxy) is 5. The van der Waals surface area contributed by atoms with Gasteiger partial charge in [-0.3, -0.25) is 9.59 Å². The molecule has 10 atom stereocenters. The minimum atomic E-state index is -1.84. The molecule has 7 N–H and O–H groups in total. The lowest BCUT2D eigenvalue weighted by Crippen LogP contribution is -2.61. The summed E-state index contributed by atoms with van der Waals surface area (Å²) in [6.45, 7) is 2.57. The Bertz CT molecular complexity index is 1380. The standard InChI is InChI=1S/C28H32O14/c1-9-4-12-17(14(29)5-9)22(33)18-13(20(12)31)6-11(38-3)7-15(18)41-28-26(37)24(35)21(32)16(42-28)8-39-27-25(36)23(34)19(30)10(2)40-27/h4-7,10,16,19,21,23-30,32,34-37H,8H2,1-3H3/t10-,16+,19-,21+,23+,24-,25+,26+,27+,28+/m0/s1. The average Bonchev–Trinajstić information content (AvgIpc) is 2.95. The Balaban J connectivity index is 1.42. The highest BCUT2D eigenvalue weighted by Gasteiger charge is 2.48. The van der Waals surface area contributed by atoms with Gasteiger partial charge in [-0.1, -0.05) is 0 Å². The van der Waals surface area contributed by atoms with E-state index in [0.29, 0.717) is 5.56 Å². The summed E-state index contributed by atoms with van der Waals surface area (Å²) in [4.78, 5) is 27.0. The molecule has 0 bridgehead atoms. The summed E-state index contributed by atoms with van der Waals surface area (Å²) in [6.07, 6.45) is -15.4. The predicted octanol–water partition coefficient (Wildman–Crippen LogP) is -1.48. The minimum absolute atomic E-state index is 0.00649. The number of methoxy groups -OCH3 is 1. The smallest absolute Gasteiger partial charge is 0.229 e. The molecule has 2 heterocycles. The summed E-state index contributed by atoms with van der Waals surface area (Å²) in [7, 11) is 1.32. The maximum Gasteiger partial charge on any atom is 0.229 e. The number of ketones is 2. The number of carbonyl (C=O) groups is 2. The summed E-state index contributed by atoms with van der Waals surface area (Å²) in [5.41, 5.74) is -0.00518. The summed E-state index contributed by atoms with van der Waals surface area (Å²) in [6, 6.07) is 5.41. The van der Waals surface area contributed by atoms with Gasteiger partial charge in [0, 0.05) is 17.2 Å². The first-order valence-corrected chi connectivity index (χ1v) is 13.2. The second-order valence-electron chi connectivity index (χ2n) is 10.6. The molecule has 228 valence electrons. The molecular weight excluding hydrogens is 560 g/mol. The highest BCUT2D eigenvalue weighted by Crippen LogP contribution is 2.41.